The van der Waals surface area contributed by atoms with Gasteiger partial charge in [0.2, 0.25) is 11.1 Å². The van der Waals surface area contributed by atoms with Crippen LogP contribution < -0.4 is 11.2 Å². The Hall–Kier alpha value is -2.09. The highest BCUT2D eigenvalue weighted by Gasteiger charge is 2.42. The summed E-state index contributed by atoms with van der Waals surface area (Å²) in [5, 5.41) is 11.5. The van der Waals surface area contributed by atoms with Crippen LogP contribution >= 0.6 is 11.8 Å². The van der Waals surface area contributed by atoms with Crippen molar-refractivity contribution < 1.29 is 9.18 Å². The summed E-state index contributed by atoms with van der Waals surface area (Å²) in [6.45, 7) is 2.11. The lowest BCUT2D eigenvalue weighted by Gasteiger charge is -2.28. The number of rotatable bonds is 6. The van der Waals surface area contributed by atoms with Crippen molar-refractivity contribution in [2.24, 2.45) is 17.8 Å². The molecular formula is C19H24FN5OS. The number of amides is 1. The second kappa shape index (κ2) is 7.50. The Bertz CT molecular complexity index is 841. The fourth-order valence-electron chi connectivity index (χ4n) is 4.64. The highest BCUT2D eigenvalue weighted by atomic mass is 32.2. The molecule has 6 nitrogen and oxygen atoms in total. The van der Waals surface area contributed by atoms with Gasteiger partial charge in [0.05, 0.1) is 11.3 Å². The quantitative estimate of drug-likeness (QED) is 0.586. The zero-order valence-electron chi connectivity index (χ0n) is 15.3. The molecule has 0 radical (unpaired) electrons. The standard InChI is InChI=1S/C19H24FN5OS/c1-11(15-9-12-6-7-13(15)8-12)22-17(26)10-27-19-24-23-18(25(19)21)14-4-2-3-5-16(14)20/h2-5,11-13,15H,6-10,21H2,1H3,(H,22,26). The summed E-state index contributed by atoms with van der Waals surface area (Å²) in [7, 11) is 0. The van der Waals surface area contributed by atoms with Gasteiger partial charge in [-0.3, -0.25) is 4.79 Å². The van der Waals surface area contributed by atoms with Gasteiger partial charge in [0.15, 0.2) is 5.82 Å². The molecule has 4 atom stereocenters. The molecule has 8 heteroatoms. The number of carbonyl (C=O) groups excluding carboxylic acids is 1. The Kier molecular flexibility index (Phi) is 5.08. The van der Waals surface area contributed by atoms with E-state index in [-0.39, 0.29) is 29.1 Å². The van der Waals surface area contributed by atoms with Crippen molar-refractivity contribution in [2.45, 2.75) is 43.8 Å². The first-order chi connectivity index (χ1) is 13.0. The van der Waals surface area contributed by atoms with Gasteiger partial charge in [-0.05, 0) is 56.1 Å². The van der Waals surface area contributed by atoms with Gasteiger partial charge in [-0.2, -0.15) is 0 Å². The zero-order valence-corrected chi connectivity index (χ0v) is 16.1. The monoisotopic (exact) mass is 389 g/mol. The fourth-order valence-corrected chi connectivity index (χ4v) is 5.31. The van der Waals surface area contributed by atoms with E-state index in [1.54, 1.807) is 18.2 Å². The van der Waals surface area contributed by atoms with Crippen LogP contribution in [0, 0.1) is 23.6 Å². The van der Waals surface area contributed by atoms with E-state index in [0.29, 0.717) is 11.1 Å². The van der Waals surface area contributed by atoms with E-state index in [1.165, 1.54) is 48.2 Å². The van der Waals surface area contributed by atoms with Crippen LogP contribution in [0.3, 0.4) is 0 Å². The van der Waals surface area contributed by atoms with Gasteiger partial charge < -0.3 is 11.2 Å². The van der Waals surface area contributed by atoms with Crippen LogP contribution in [0.2, 0.25) is 0 Å². The van der Waals surface area contributed by atoms with Crippen LogP contribution in [0.5, 0.6) is 0 Å². The van der Waals surface area contributed by atoms with Gasteiger partial charge in [-0.25, -0.2) is 9.07 Å². The van der Waals surface area contributed by atoms with Crippen LogP contribution in [-0.2, 0) is 4.79 Å². The molecule has 2 saturated carbocycles. The summed E-state index contributed by atoms with van der Waals surface area (Å²) in [5.74, 6) is 8.24. The number of nitrogens with two attached hydrogens (primary N) is 1. The maximum absolute atomic E-state index is 13.9. The number of carbonyl (C=O) groups is 1. The Morgan fingerprint density at radius 2 is 2.19 bits per heavy atom. The molecule has 0 spiro atoms. The van der Waals surface area contributed by atoms with Gasteiger partial charge in [0.1, 0.15) is 5.82 Å². The number of halogens is 1. The summed E-state index contributed by atoms with van der Waals surface area (Å²) >= 11 is 1.21. The minimum Gasteiger partial charge on any atom is -0.353 e. The van der Waals surface area contributed by atoms with Crippen LogP contribution in [0.1, 0.15) is 32.6 Å². The van der Waals surface area contributed by atoms with E-state index in [1.807, 2.05) is 0 Å². The predicted molar refractivity (Wildman–Crippen MR) is 103 cm³/mol. The number of thioether (sulfide) groups is 1. The molecule has 0 saturated heterocycles. The molecule has 2 fully saturated rings. The highest BCUT2D eigenvalue weighted by Crippen LogP contribution is 2.49. The molecule has 0 aliphatic heterocycles. The first kappa shape index (κ1) is 18.3. The topological polar surface area (TPSA) is 85.8 Å². The van der Waals surface area contributed by atoms with Crippen molar-refractivity contribution in [1.29, 1.82) is 0 Å². The number of aromatic nitrogens is 3. The predicted octanol–water partition coefficient (Wildman–Crippen LogP) is 2.83. The van der Waals surface area contributed by atoms with Crippen molar-refractivity contribution in [3.63, 3.8) is 0 Å². The van der Waals surface area contributed by atoms with E-state index in [0.717, 1.165) is 11.8 Å². The number of fused-ring (bicyclic) bond motifs is 2. The molecule has 2 aliphatic rings. The maximum atomic E-state index is 13.9. The minimum absolute atomic E-state index is 0.0364. The maximum Gasteiger partial charge on any atom is 0.230 e. The summed E-state index contributed by atoms with van der Waals surface area (Å²) in [5.41, 5.74) is 0.286. The molecule has 144 valence electrons. The van der Waals surface area contributed by atoms with Gasteiger partial charge in [-0.15, -0.1) is 10.2 Å². The lowest BCUT2D eigenvalue weighted by atomic mass is 9.84. The Labute approximate surface area is 162 Å². The molecule has 2 aromatic rings. The molecular weight excluding hydrogens is 365 g/mol. The van der Waals surface area contributed by atoms with Crippen LogP contribution in [0.25, 0.3) is 11.4 Å². The Morgan fingerprint density at radius 3 is 2.89 bits per heavy atom. The molecule has 2 bridgehead atoms. The molecule has 4 unspecified atom stereocenters. The van der Waals surface area contributed by atoms with E-state index in [4.69, 9.17) is 5.84 Å². The molecule has 2 aliphatic carbocycles. The average Bonchev–Trinajstić information content (AvgIpc) is 3.37. The van der Waals surface area contributed by atoms with Crippen LogP contribution in [0.15, 0.2) is 29.4 Å². The molecule has 1 aromatic heterocycles. The Balaban J connectivity index is 1.34. The Morgan fingerprint density at radius 1 is 1.37 bits per heavy atom. The molecule has 27 heavy (non-hydrogen) atoms. The molecule has 3 N–H and O–H groups in total. The van der Waals surface area contributed by atoms with Crippen molar-refractivity contribution in [1.82, 2.24) is 20.2 Å². The number of nitrogen functional groups attached to an aromatic ring is 1. The normalized spacial score (nSPS) is 24.9. The van der Waals surface area contributed by atoms with Crippen molar-refractivity contribution in [2.75, 3.05) is 11.6 Å². The second-order valence-electron chi connectivity index (χ2n) is 7.64. The summed E-state index contributed by atoms with van der Waals surface area (Å²) in [4.78, 5) is 12.3. The van der Waals surface area contributed by atoms with E-state index >= 15 is 0 Å². The van der Waals surface area contributed by atoms with Gasteiger partial charge >= 0.3 is 0 Å². The summed E-state index contributed by atoms with van der Waals surface area (Å²) in [6, 6.07) is 6.46. The van der Waals surface area contributed by atoms with Crippen LogP contribution in [0.4, 0.5) is 4.39 Å². The third kappa shape index (κ3) is 3.67. The lowest BCUT2D eigenvalue weighted by Crippen LogP contribution is -2.41. The van der Waals surface area contributed by atoms with Gasteiger partial charge in [-0.1, -0.05) is 30.3 Å². The number of hydrogen-bond donors (Lipinski definition) is 2. The number of nitrogens with one attached hydrogen (secondary N) is 1. The average molecular weight is 390 g/mol. The second-order valence-corrected chi connectivity index (χ2v) is 8.58. The largest absolute Gasteiger partial charge is 0.353 e. The van der Waals surface area contributed by atoms with Gasteiger partial charge in [0.25, 0.3) is 0 Å². The molecule has 1 heterocycles. The van der Waals surface area contributed by atoms with Crippen molar-refractivity contribution in [3.8, 4) is 11.4 Å². The first-order valence-electron chi connectivity index (χ1n) is 9.40. The van der Waals surface area contributed by atoms with E-state index < -0.39 is 5.82 Å². The molecule has 4 rings (SSSR count). The molecule has 1 amide bonds. The fraction of sp³-hybridized carbons (Fsp3) is 0.526. The third-order valence-corrected chi connectivity index (χ3v) is 6.88. The lowest BCUT2D eigenvalue weighted by molar-refractivity contribution is -0.119. The number of nitrogens with zero attached hydrogens (tertiary/aromatic N) is 3. The number of benzene rings is 1. The van der Waals surface area contributed by atoms with Crippen LogP contribution in [-0.4, -0.2) is 32.6 Å². The third-order valence-electron chi connectivity index (χ3n) is 5.94. The SMILES string of the molecule is CC(NC(=O)CSc1nnc(-c2ccccc2F)n1N)C1CC2CCC1C2. The van der Waals surface area contributed by atoms with E-state index in [9.17, 15) is 9.18 Å². The smallest absolute Gasteiger partial charge is 0.230 e. The van der Waals surface area contributed by atoms with E-state index in [2.05, 4.69) is 22.4 Å². The van der Waals surface area contributed by atoms with Gasteiger partial charge in [0, 0.05) is 6.04 Å². The summed E-state index contributed by atoms with van der Waals surface area (Å²) in [6.07, 6.45) is 5.23. The van der Waals surface area contributed by atoms with Crippen molar-refractivity contribution in [3.05, 3.63) is 30.1 Å². The zero-order chi connectivity index (χ0) is 19.0. The highest BCUT2D eigenvalue weighted by molar-refractivity contribution is 7.99. The minimum atomic E-state index is -0.412. The number of hydrogen-bond acceptors (Lipinski definition) is 5. The molecule has 1 aromatic carbocycles. The summed E-state index contributed by atoms with van der Waals surface area (Å²) < 4.78 is 15.2. The first-order valence-corrected chi connectivity index (χ1v) is 10.4. The van der Waals surface area contributed by atoms with Crippen molar-refractivity contribution >= 4 is 17.7 Å².